The lowest BCUT2D eigenvalue weighted by atomic mass is 10.2. The molecule has 7 N–H and O–H groups in total. The lowest BCUT2D eigenvalue weighted by Gasteiger charge is -2.12. The van der Waals surface area contributed by atoms with Gasteiger partial charge in [0.2, 0.25) is 0 Å². The lowest BCUT2D eigenvalue weighted by molar-refractivity contribution is -0.114. The van der Waals surface area contributed by atoms with Gasteiger partial charge in [0.1, 0.15) is 5.78 Å². The van der Waals surface area contributed by atoms with Gasteiger partial charge in [-0.3, -0.25) is 4.57 Å². The van der Waals surface area contributed by atoms with Crippen LogP contribution in [0.15, 0.2) is 0 Å². The van der Waals surface area contributed by atoms with Gasteiger partial charge in [0.25, 0.3) is 0 Å². The molecule has 90 valence electrons. The zero-order valence-electron chi connectivity index (χ0n) is 7.72. The minimum Gasteiger partial charge on any atom is -0.323 e. The number of carbonyl (C=O) groups is 1. The summed E-state index contributed by atoms with van der Waals surface area (Å²) in [6.07, 6.45) is -0.560. The van der Waals surface area contributed by atoms with Gasteiger partial charge in [-0.1, -0.05) is 0 Å². The van der Waals surface area contributed by atoms with Crippen LogP contribution in [-0.4, -0.2) is 35.8 Å². The van der Waals surface area contributed by atoms with E-state index in [-0.39, 0.29) is 19.3 Å². The lowest BCUT2D eigenvalue weighted by Crippen LogP contribution is -2.20. The molecule has 0 aromatic rings. The smallest absolute Gasteiger partial charge is 0.323 e. The van der Waals surface area contributed by atoms with Crippen molar-refractivity contribution in [3.05, 3.63) is 0 Å². The van der Waals surface area contributed by atoms with Crippen molar-refractivity contribution < 1.29 is 33.8 Å². The van der Waals surface area contributed by atoms with Crippen molar-refractivity contribution >= 4 is 21.1 Å². The molecule has 0 rings (SSSR count). The molecule has 0 saturated carbocycles. The second-order valence-electron chi connectivity index (χ2n) is 3.01. The highest BCUT2D eigenvalue weighted by atomic mass is 31.2. The summed E-state index contributed by atoms with van der Waals surface area (Å²) in [6.45, 7) is 0. The summed E-state index contributed by atoms with van der Waals surface area (Å²) in [7, 11) is -8.85. The van der Waals surface area contributed by atoms with E-state index in [4.69, 9.17) is 30.2 Å². The normalized spacial score (nSPS) is 15.1. The fourth-order valence-electron chi connectivity index (χ4n) is 0.781. The zero-order valence-corrected chi connectivity index (χ0v) is 9.51. The van der Waals surface area contributed by atoms with Crippen molar-refractivity contribution in [1.29, 1.82) is 0 Å². The van der Waals surface area contributed by atoms with Gasteiger partial charge in [-0.15, -0.1) is 0 Å². The van der Waals surface area contributed by atoms with Gasteiger partial charge in [-0.05, 0) is 12.8 Å². The number of nitrogens with two attached hydrogens (primary N) is 1. The van der Waals surface area contributed by atoms with Gasteiger partial charge in [-0.2, -0.15) is 14.7 Å². The fourth-order valence-corrected chi connectivity index (χ4v) is 1.76. The molecule has 0 radical (unpaired) electrons. The number of hydrogen-bond acceptors (Lipinski definition) is 6. The van der Waals surface area contributed by atoms with Crippen LogP contribution in [-0.2, 0) is 9.36 Å². The highest BCUT2D eigenvalue weighted by Gasteiger charge is 2.41. The third-order valence-corrected chi connectivity index (χ3v) is 3.67. The molecule has 0 aliphatic carbocycles. The Kier molecular flexibility index (Phi) is 5.46. The molecule has 0 aromatic heterocycles. The summed E-state index contributed by atoms with van der Waals surface area (Å²) in [5.74, 6) is -1.38. The SMILES string of the molecule is NC(CCCC(=O)[P+](O)(O)O)P(=O)(O)O. The fraction of sp³-hybridized carbons (Fsp3) is 0.800. The Morgan fingerprint density at radius 3 is 2.13 bits per heavy atom. The van der Waals surface area contributed by atoms with E-state index < -0.39 is 26.8 Å². The number of rotatable bonds is 6. The molecule has 0 heterocycles. The predicted octanol–water partition coefficient (Wildman–Crippen LogP) is -1.11. The largest absolute Gasteiger partial charge is 0.478 e. The molecule has 0 amide bonds. The van der Waals surface area contributed by atoms with Gasteiger partial charge in [0.05, 0.1) is 6.42 Å². The van der Waals surface area contributed by atoms with E-state index in [1.54, 1.807) is 0 Å². The van der Waals surface area contributed by atoms with Crippen LogP contribution in [0.5, 0.6) is 0 Å². The summed E-state index contributed by atoms with van der Waals surface area (Å²) >= 11 is 0. The van der Waals surface area contributed by atoms with E-state index in [2.05, 4.69) is 0 Å². The average Bonchev–Trinajstić information content (AvgIpc) is 2.00. The molecule has 0 saturated heterocycles. The first kappa shape index (κ1) is 15.1. The summed E-state index contributed by atoms with van der Waals surface area (Å²) in [4.78, 5) is 53.4. The summed E-state index contributed by atoms with van der Waals surface area (Å²) < 4.78 is 10.5. The molecular weight excluding hydrogens is 248 g/mol. The van der Waals surface area contributed by atoms with Crippen molar-refractivity contribution in [2.75, 3.05) is 0 Å². The maximum absolute atomic E-state index is 10.8. The van der Waals surface area contributed by atoms with Crippen molar-refractivity contribution in [2.24, 2.45) is 5.73 Å². The van der Waals surface area contributed by atoms with Gasteiger partial charge in [0.15, 0.2) is 0 Å². The first-order valence-electron chi connectivity index (χ1n) is 3.96. The first-order chi connectivity index (χ1) is 6.55. The zero-order chi connectivity index (χ0) is 12.3. The van der Waals surface area contributed by atoms with E-state index in [1.165, 1.54) is 0 Å². The Labute approximate surface area is 86.5 Å². The van der Waals surface area contributed by atoms with Crippen LogP contribution in [0, 0.1) is 0 Å². The third kappa shape index (κ3) is 6.29. The maximum Gasteiger partial charge on any atom is 0.478 e. The molecule has 0 aliphatic rings. The molecule has 0 bridgehead atoms. The molecule has 1 atom stereocenters. The van der Waals surface area contributed by atoms with Crippen LogP contribution >= 0.6 is 15.5 Å². The van der Waals surface area contributed by atoms with Crippen LogP contribution in [0.25, 0.3) is 0 Å². The topological polar surface area (TPSA) is 161 Å². The molecular formula is C5H14NO7P2+. The average molecular weight is 262 g/mol. The molecule has 0 fully saturated rings. The summed E-state index contributed by atoms with van der Waals surface area (Å²) in [5, 5.41) is 0. The molecule has 0 spiro atoms. The van der Waals surface area contributed by atoms with Crippen molar-refractivity contribution in [1.82, 2.24) is 0 Å². The van der Waals surface area contributed by atoms with Gasteiger partial charge < -0.3 is 15.5 Å². The molecule has 8 nitrogen and oxygen atoms in total. The van der Waals surface area contributed by atoms with E-state index in [1.807, 2.05) is 0 Å². The second-order valence-corrected chi connectivity index (χ2v) is 6.49. The second kappa shape index (κ2) is 5.43. The quantitative estimate of drug-likeness (QED) is 0.328. The minimum absolute atomic E-state index is 0.0332. The molecule has 10 heteroatoms. The number of carbonyl (C=O) groups excluding carboxylic acids is 1. The van der Waals surface area contributed by atoms with Gasteiger partial charge in [-0.25, -0.2) is 4.79 Å². The van der Waals surface area contributed by atoms with Crippen LogP contribution in [0.1, 0.15) is 19.3 Å². The predicted molar refractivity (Wildman–Crippen MR) is 52.5 cm³/mol. The van der Waals surface area contributed by atoms with Gasteiger partial charge in [0, 0.05) is 0 Å². The van der Waals surface area contributed by atoms with Gasteiger partial charge >= 0.3 is 21.1 Å². The monoisotopic (exact) mass is 262 g/mol. The Bertz CT molecular complexity index is 269. The Morgan fingerprint density at radius 1 is 1.33 bits per heavy atom. The standard InChI is InChI=1S/C5H13NO7P2/c6-4(14(8,9)10)2-1-3-5(7)15(11,12)13/h4,11-13H,1-3,6H2,(H-,8,9,10)/p+1. The minimum atomic E-state index is -4.48. The van der Waals surface area contributed by atoms with E-state index in [0.29, 0.717) is 0 Å². The molecule has 0 aliphatic heterocycles. The van der Waals surface area contributed by atoms with E-state index in [0.717, 1.165) is 0 Å². The molecule has 0 aromatic carbocycles. The van der Waals surface area contributed by atoms with Crippen molar-refractivity contribution in [2.45, 2.75) is 25.0 Å². The Balaban J connectivity index is 3.92. The van der Waals surface area contributed by atoms with E-state index >= 15 is 0 Å². The number of hydrogen-bond donors (Lipinski definition) is 6. The summed E-state index contributed by atoms with van der Waals surface area (Å²) in [5.41, 5.74) is 3.95. The highest BCUT2D eigenvalue weighted by molar-refractivity contribution is 7.76. The third-order valence-electron chi connectivity index (χ3n) is 1.66. The van der Waals surface area contributed by atoms with Crippen molar-refractivity contribution in [3.63, 3.8) is 0 Å². The summed E-state index contributed by atoms with van der Waals surface area (Å²) in [6, 6.07) is 0. The van der Waals surface area contributed by atoms with Crippen LogP contribution < -0.4 is 5.73 Å². The highest BCUT2D eigenvalue weighted by Crippen LogP contribution is 2.47. The van der Waals surface area contributed by atoms with E-state index in [9.17, 15) is 9.36 Å². The maximum atomic E-state index is 10.8. The van der Waals surface area contributed by atoms with Crippen molar-refractivity contribution in [3.8, 4) is 0 Å². The van der Waals surface area contributed by atoms with Crippen LogP contribution in [0.4, 0.5) is 0 Å². The van der Waals surface area contributed by atoms with Crippen LogP contribution in [0.3, 0.4) is 0 Å². The molecule has 1 unspecified atom stereocenters. The first-order valence-corrected chi connectivity index (χ1v) is 7.29. The van der Waals surface area contributed by atoms with Crippen LogP contribution in [0.2, 0.25) is 0 Å². The Hall–Kier alpha value is 0.0900. The molecule has 15 heavy (non-hydrogen) atoms. The Morgan fingerprint density at radius 2 is 1.80 bits per heavy atom.